The number of hydrazine groups is 1. The molecule has 0 saturated heterocycles. The maximum Gasteiger partial charge on any atom is 0.253 e. The molecule has 1 aromatic carbocycles. The zero-order chi connectivity index (χ0) is 14.5. The van der Waals surface area contributed by atoms with Crippen LogP contribution in [-0.4, -0.2) is 10.9 Å². The van der Waals surface area contributed by atoms with Crippen molar-refractivity contribution in [2.45, 2.75) is 6.54 Å². The largest absolute Gasteiger partial charge is 0.348 e. The molecule has 0 spiro atoms. The van der Waals surface area contributed by atoms with Crippen LogP contribution >= 0.6 is 0 Å². The van der Waals surface area contributed by atoms with E-state index < -0.39 is 17.5 Å². The number of amides is 1. The fraction of sp³-hybridized carbons (Fsp3) is 0.0769. The van der Waals surface area contributed by atoms with E-state index in [1.165, 1.54) is 24.5 Å². The third-order valence-corrected chi connectivity index (χ3v) is 2.66. The number of hydrogen-bond acceptors (Lipinski definition) is 4. The Morgan fingerprint density at radius 1 is 1.25 bits per heavy atom. The van der Waals surface area contributed by atoms with Gasteiger partial charge in [0.1, 0.15) is 0 Å². The molecule has 5 nitrogen and oxygen atoms in total. The summed E-state index contributed by atoms with van der Waals surface area (Å²) in [6, 6.07) is 4.93. The van der Waals surface area contributed by atoms with Crippen LogP contribution in [0.2, 0.25) is 0 Å². The SMILES string of the molecule is NNc1cnccc1C(=O)NCc1ccc(F)c(F)c1. The molecule has 20 heavy (non-hydrogen) atoms. The smallest absolute Gasteiger partial charge is 0.253 e. The Morgan fingerprint density at radius 3 is 2.75 bits per heavy atom. The molecule has 0 unspecified atom stereocenters. The fourth-order valence-electron chi connectivity index (χ4n) is 1.63. The summed E-state index contributed by atoms with van der Waals surface area (Å²) in [6.45, 7) is 0.0718. The van der Waals surface area contributed by atoms with Crippen molar-refractivity contribution in [2.24, 2.45) is 5.84 Å². The van der Waals surface area contributed by atoms with Crippen LogP contribution in [0.3, 0.4) is 0 Å². The molecule has 0 aliphatic carbocycles. The normalized spacial score (nSPS) is 10.2. The van der Waals surface area contributed by atoms with Gasteiger partial charge in [-0.2, -0.15) is 0 Å². The fourth-order valence-corrected chi connectivity index (χ4v) is 1.63. The Balaban J connectivity index is 2.06. The molecule has 0 radical (unpaired) electrons. The molecule has 1 aromatic heterocycles. The van der Waals surface area contributed by atoms with Gasteiger partial charge >= 0.3 is 0 Å². The van der Waals surface area contributed by atoms with Crippen LogP contribution in [0.5, 0.6) is 0 Å². The average molecular weight is 278 g/mol. The number of anilines is 1. The summed E-state index contributed by atoms with van der Waals surface area (Å²) in [5.74, 6) is 2.99. The Kier molecular flexibility index (Phi) is 4.21. The quantitative estimate of drug-likeness (QED) is 0.586. The first-order valence-electron chi connectivity index (χ1n) is 5.74. The maximum atomic E-state index is 13.0. The zero-order valence-electron chi connectivity index (χ0n) is 10.4. The van der Waals surface area contributed by atoms with E-state index in [-0.39, 0.29) is 6.54 Å². The minimum atomic E-state index is -0.954. The Bertz CT molecular complexity index is 634. The summed E-state index contributed by atoms with van der Waals surface area (Å²) < 4.78 is 25.8. The lowest BCUT2D eigenvalue weighted by Crippen LogP contribution is -2.25. The molecule has 1 heterocycles. The third-order valence-electron chi connectivity index (χ3n) is 2.66. The number of nitrogens with two attached hydrogens (primary N) is 1. The van der Waals surface area contributed by atoms with Crippen molar-refractivity contribution in [3.05, 3.63) is 59.4 Å². The Morgan fingerprint density at radius 2 is 2.05 bits per heavy atom. The van der Waals surface area contributed by atoms with E-state index >= 15 is 0 Å². The molecule has 2 aromatic rings. The molecular weight excluding hydrogens is 266 g/mol. The number of rotatable bonds is 4. The summed E-state index contributed by atoms with van der Waals surface area (Å²) >= 11 is 0. The highest BCUT2D eigenvalue weighted by molar-refractivity contribution is 5.99. The molecule has 0 aliphatic rings. The van der Waals surface area contributed by atoms with Gasteiger partial charge < -0.3 is 10.7 Å². The van der Waals surface area contributed by atoms with Gasteiger partial charge in [0.25, 0.3) is 5.91 Å². The number of carbonyl (C=O) groups is 1. The van der Waals surface area contributed by atoms with Crippen LogP contribution in [0.25, 0.3) is 0 Å². The van der Waals surface area contributed by atoms with Gasteiger partial charge in [0.15, 0.2) is 11.6 Å². The van der Waals surface area contributed by atoms with Crippen molar-refractivity contribution < 1.29 is 13.6 Å². The Hall–Kier alpha value is -2.54. The maximum absolute atomic E-state index is 13.0. The highest BCUT2D eigenvalue weighted by Crippen LogP contribution is 2.12. The van der Waals surface area contributed by atoms with Crippen molar-refractivity contribution in [2.75, 3.05) is 5.43 Å². The molecule has 2 rings (SSSR count). The van der Waals surface area contributed by atoms with Gasteiger partial charge in [-0.15, -0.1) is 0 Å². The molecule has 7 heteroatoms. The number of carbonyl (C=O) groups excluding carboxylic acids is 1. The van der Waals surface area contributed by atoms with E-state index in [0.717, 1.165) is 12.1 Å². The summed E-state index contributed by atoms with van der Waals surface area (Å²) in [6.07, 6.45) is 2.86. The molecule has 0 fully saturated rings. The highest BCUT2D eigenvalue weighted by atomic mass is 19.2. The molecule has 1 amide bonds. The van der Waals surface area contributed by atoms with Crippen molar-refractivity contribution >= 4 is 11.6 Å². The molecule has 4 N–H and O–H groups in total. The molecule has 0 aliphatic heterocycles. The number of aromatic nitrogens is 1. The van der Waals surface area contributed by atoms with Gasteiger partial charge in [-0.05, 0) is 23.8 Å². The lowest BCUT2D eigenvalue weighted by Gasteiger charge is -2.09. The summed E-state index contributed by atoms with van der Waals surface area (Å²) in [4.78, 5) is 15.8. The predicted octanol–water partition coefficient (Wildman–Crippen LogP) is 1.58. The molecular formula is C13H12F2N4O. The molecule has 0 bridgehead atoms. The third kappa shape index (κ3) is 3.07. The minimum absolute atomic E-state index is 0.0718. The van der Waals surface area contributed by atoms with Crippen molar-refractivity contribution in [3.63, 3.8) is 0 Å². The predicted molar refractivity (Wildman–Crippen MR) is 69.6 cm³/mol. The van der Waals surface area contributed by atoms with Crippen LogP contribution in [0.15, 0.2) is 36.7 Å². The number of nitrogens with one attached hydrogen (secondary N) is 2. The monoisotopic (exact) mass is 278 g/mol. The highest BCUT2D eigenvalue weighted by Gasteiger charge is 2.10. The summed E-state index contributed by atoms with van der Waals surface area (Å²) in [7, 11) is 0. The standard InChI is InChI=1S/C13H12F2N4O/c14-10-2-1-8(5-11(10)15)6-18-13(20)9-3-4-17-7-12(9)19-16/h1-5,7,19H,6,16H2,(H,18,20). The topological polar surface area (TPSA) is 80.0 Å². The first-order chi connectivity index (χ1) is 9.61. The van der Waals surface area contributed by atoms with Gasteiger partial charge in [0, 0.05) is 12.7 Å². The van der Waals surface area contributed by atoms with Gasteiger partial charge in [-0.25, -0.2) is 8.78 Å². The second kappa shape index (κ2) is 6.07. The Labute approximate surface area is 113 Å². The average Bonchev–Trinajstić information content (AvgIpc) is 2.48. The van der Waals surface area contributed by atoms with Crippen LogP contribution in [0, 0.1) is 11.6 Å². The number of hydrogen-bond donors (Lipinski definition) is 3. The van der Waals surface area contributed by atoms with Crippen LogP contribution in [0.4, 0.5) is 14.5 Å². The van der Waals surface area contributed by atoms with Crippen LogP contribution < -0.4 is 16.6 Å². The van der Waals surface area contributed by atoms with E-state index in [4.69, 9.17) is 5.84 Å². The van der Waals surface area contributed by atoms with Crippen molar-refractivity contribution in [1.29, 1.82) is 0 Å². The number of nitrogens with zero attached hydrogens (tertiary/aromatic N) is 1. The van der Waals surface area contributed by atoms with Crippen LogP contribution in [0.1, 0.15) is 15.9 Å². The number of benzene rings is 1. The van der Waals surface area contributed by atoms with Crippen molar-refractivity contribution in [1.82, 2.24) is 10.3 Å². The molecule has 0 saturated carbocycles. The van der Waals surface area contributed by atoms with Gasteiger partial charge in [-0.1, -0.05) is 6.07 Å². The number of nitrogen functional groups attached to an aromatic ring is 1. The lowest BCUT2D eigenvalue weighted by atomic mass is 10.2. The van der Waals surface area contributed by atoms with Crippen LogP contribution in [-0.2, 0) is 6.54 Å². The van der Waals surface area contributed by atoms with E-state index in [9.17, 15) is 13.6 Å². The van der Waals surface area contributed by atoms with E-state index in [2.05, 4.69) is 15.7 Å². The first kappa shape index (κ1) is 13.9. The van der Waals surface area contributed by atoms with Gasteiger partial charge in [0.05, 0.1) is 17.4 Å². The summed E-state index contributed by atoms with van der Waals surface area (Å²) in [5.41, 5.74) is 3.49. The van der Waals surface area contributed by atoms with Crippen molar-refractivity contribution in [3.8, 4) is 0 Å². The van der Waals surface area contributed by atoms with E-state index in [1.807, 2.05) is 0 Å². The second-order valence-electron chi connectivity index (χ2n) is 4.00. The second-order valence-corrected chi connectivity index (χ2v) is 4.00. The van der Waals surface area contributed by atoms with Gasteiger partial charge in [-0.3, -0.25) is 15.6 Å². The summed E-state index contributed by atoms with van der Waals surface area (Å²) in [5, 5.41) is 2.59. The van der Waals surface area contributed by atoms with E-state index in [1.54, 1.807) is 0 Å². The van der Waals surface area contributed by atoms with E-state index in [0.29, 0.717) is 16.8 Å². The number of halogens is 2. The molecule has 0 atom stereocenters. The molecule has 104 valence electrons. The number of pyridine rings is 1. The van der Waals surface area contributed by atoms with Gasteiger partial charge in [0.2, 0.25) is 0 Å². The first-order valence-corrected chi connectivity index (χ1v) is 5.74. The zero-order valence-corrected chi connectivity index (χ0v) is 10.4. The minimum Gasteiger partial charge on any atom is -0.348 e. The lowest BCUT2D eigenvalue weighted by molar-refractivity contribution is 0.0951.